The largest absolute Gasteiger partial charge is 0.441 e. The van der Waals surface area contributed by atoms with Crippen LogP contribution in [0, 0.1) is 0 Å². The van der Waals surface area contributed by atoms with E-state index in [1.54, 1.807) is 0 Å². The molecule has 0 aromatic heterocycles. The number of rotatable bonds is 6. The minimum Gasteiger partial charge on any atom is -0.441 e. The third-order valence-electron chi connectivity index (χ3n) is 2.24. The number of alkyl halides is 1. The van der Waals surface area contributed by atoms with E-state index in [0.29, 0.717) is 11.3 Å². The van der Waals surface area contributed by atoms with Gasteiger partial charge in [-0.25, -0.2) is 0 Å². The summed E-state index contributed by atoms with van der Waals surface area (Å²) in [6.07, 6.45) is 0. The number of ether oxygens (including phenoxy) is 1. The number of Topliss-reactive ketones (excluding diaryl/α,β-unsaturated/α-hetero) is 1. The van der Waals surface area contributed by atoms with Crippen molar-refractivity contribution in [1.82, 2.24) is 0 Å². The lowest BCUT2D eigenvalue weighted by atomic mass is 10.1. The Hall–Kier alpha value is -1.54. The molecule has 106 valence electrons. The Morgan fingerprint density at radius 3 is 2.55 bits per heavy atom. The molecule has 7 nitrogen and oxygen atoms in total. The van der Waals surface area contributed by atoms with Gasteiger partial charge in [-0.2, -0.15) is 12.6 Å². The summed E-state index contributed by atoms with van der Waals surface area (Å²) < 4.78 is 4.87. The molecule has 1 rings (SSSR count). The molecule has 1 aromatic carbocycles. The van der Waals surface area contributed by atoms with Crippen LogP contribution in [0.4, 0.5) is 5.69 Å². The first kappa shape index (κ1) is 16.5. The Morgan fingerprint density at radius 1 is 1.45 bits per heavy atom. The fraction of sp³-hybridized carbons (Fsp3) is 0.273. The molecule has 0 heterocycles. The van der Waals surface area contributed by atoms with Gasteiger partial charge in [-0.1, -0.05) is 29.4 Å². The molecule has 1 aromatic rings. The second kappa shape index (κ2) is 7.91. The zero-order valence-electron chi connectivity index (χ0n) is 10.1. The third-order valence-corrected chi connectivity index (χ3v) is 3.23. The number of halogens is 1. The zero-order valence-corrected chi connectivity index (χ0v) is 12.6. The molecular weight excluding hydrogens is 348 g/mol. The van der Waals surface area contributed by atoms with Crippen LogP contribution < -0.4 is 5.73 Å². The van der Waals surface area contributed by atoms with Crippen LogP contribution in [0.25, 0.3) is 10.4 Å². The van der Waals surface area contributed by atoms with Crippen molar-refractivity contribution in [1.29, 1.82) is 0 Å². The Labute approximate surface area is 128 Å². The van der Waals surface area contributed by atoms with Crippen molar-refractivity contribution in [2.45, 2.75) is 11.1 Å². The highest BCUT2D eigenvalue weighted by atomic mass is 79.9. The van der Waals surface area contributed by atoms with Crippen molar-refractivity contribution in [3.8, 4) is 0 Å². The third kappa shape index (κ3) is 4.53. The van der Waals surface area contributed by atoms with Gasteiger partial charge in [0.2, 0.25) is 10.8 Å². The number of carbonyl (C=O) groups excluding carboxylic acids is 2. The van der Waals surface area contributed by atoms with E-state index in [9.17, 15) is 9.59 Å². The molecule has 0 spiro atoms. The Bertz CT molecular complexity index is 545. The smallest absolute Gasteiger partial charge is 0.325 e. The molecule has 0 saturated heterocycles. The molecule has 2 atom stereocenters. The second-order valence-corrected chi connectivity index (χ2v) is 4.84. The highest BCUT2D eigenvalue weighted by Crippen LogP contribution is 2.17. The average molecular weight is 359 g/mol. The Kier molecular flexibility index (Phi) is 6.53. The number of azide groups is 1. The highest BCUT2D eigenvalue weighted by Gasteiger charge is 2.23. The van der Waals surface area contributed by atoms with Gasteiger partial charge in [-0.05, 0) is 21.5 Å². The van der Waals surface area contributed by atoms with Gasteiger partial charge in [-0.15, -0.1) is 0 Å². The summed E-state index contributed by atoms with van der Waals surface area (Å²) in [7, 11) is 0. The number of carbonyl (C=O) groups is 2. The molecule has 0 aliphatic rings. The van der Waals surface area contributed by atoms with E-state index in [-0.39, 0.29) is 5.75 Å². The highest BCUT2D eigenvalue weighted by molar-refractivity contribution is 9.09. The number of ketones is 1. The molecule has 2 N–H and O–H groups in total. The van der Waals surface area contributed by atoms with Gasteiger partial charge in [0.1, 0.15) is 6.04 Å². The van der Waals surface area contributed by atoms with Crippen LogP contribution >= 0.6 is 28.6 Å². The van der Waals surface area contributed by atoms with E-state index >= 15 is 0 Å². The van der Waals surface area contributed by atoms with Crippen LogP contribution in [0.5, 0.6) is 0 Å². The Morgan fingerprint density at radius 2 is 2.05 bits per heavy atom. The minimum atomic E-state index is -1.13. The van der Waals surface area contributed by atoms with Crippen molar-refractivity contribution in [2.24, 2.45) is 10.8 Å². The lowest BCUT2D eigenvalue weighted by Crippen LogP contribution is -2.36. The number of hydrogen-bond donors (Lipinski definition) is 2. The number of hydrogen-bond acceptors (Lipinski definition) is 6. The van der Waals surface area contributed by atoms with E-state index in [1.165, 1.54) is 24.3 Å². The predicted octanol–water partition coefficient (Wildman–Crippen LogP) is 2.33. The summed E-state index contributed by atoms with van der Waals surface area (Å²) in [6, 6.07) is 5.00. The van der Waals surface area contributed by atoms with E-state index < -0.39 is 22.8 Å². The molecule has 0 radical (unpaired) electrons. The molecule has 0 aliphatic heterocycles. The fourth-order valence-corrected chi connectivity index (χ4v) is 1.79. The normalized spacial score (nSPS) is 12.9. The van der Waals surface area contributed by atoms with Gasteiger partial charge in [0.05, 0.1) is 0 Å². The number of esters is 1. The first-order valence-corrected chi connectivity index (χ1v) is 6.94. The Balaban J connectivity index is 2.73. The molecule has 0 fully saturated rings. The van der Waals surface area contributed by atoms with Gasteiger partial charge in [-0.3, -0.25) is 9.59 Å². The number of benzene rings is 1. The van der Waals surface area contributed by atoms with Gasteiger partial charge >= 0.3 is 5.97 Å². The molecular formula is C11H11BrN4O3S. The first-order valence-electron chi connectivity index (χ1n) is 5.40. The summed E-state index contributed by atoms with van der Waals surface area (Å²) in [5.74, 6) is -1.05. The lowest BCUT2D eigenvalue weighted by molar-refractivity contribution is -0.144. The number of nitrogens with zero attached hydrogens (tertiary/aromatic N) is 3. The van der Waals surface area contributed by atoms with Crippen molar-refractivity contribution < 1.29 is 14.3 Å². The van der Waals surface area contributed by atoms with Crippen molar-refractivity contribution in [3.63, 3.8) is 0 Å². The second-order valence-electron chi connectivity index (χ2n) is 3.64. The van der Waals surface area contributed by atoms with Crippen LogP contribution in [-0.4, -0.2) is 28.6 Å². The maximum atomic E-state index is 12.0. The van der Waals surface area contributed by atoms with Crippen LogP contribution in [0.2, 0.25) is 0 Å². The summed E-state index contributed by atoms with van der Waals surface area (Å²) in [4.78, 5) is 26.0. The molecule has 1 unspecified atom stereocenters. The van der Waals surface area contributed by atoms with E-state index in [2.05, 4.69) is 38.6 Å². The summed E-state index contributed by atoms with van der Waals surface area (Å²) in [6.45, 7) is 0. The van der Waals surface area contributed by atoms with E-state index in [0.717, 1.165) is 0 Å². The molecule has 9 heteroatoms. The van der Waals surface area contributed by atoms with Crippen LogP contribution in [0.15, 0.2) is 29.4 Å². The van der Waals surface area contributed by atoms with E-state index in [4.69, 9.17) is 16.0 Å². The fourth-order valence-electron chi connectivity index (χ4n) is 1.19. The lowest BCUT2D eigenvalue weighted by Gasteiger charge is -2.13. The maximum Gasteiger partial charge on any atom is 0.325 e. The molecule has 20 heavy (non-hydrogen) atoms. The van der Waals surface area contributed by atoms with Gasteiger partial charge in [0, 0.05) is 21.9 Å². The standard InChI is InChI=1S/C11H11BrN4O3S/c12-10(19-11(18)8(13)5-20)9(17)6-1-3-7(4-2-6)15-16-14/h1-4,8,10,20H,5,13H2/t8-,10?/m0/s1. The number of nitrogens with two attached hydrogens (primary N) is 1. The summed E-state index contributed by atoms with van der Waals surface area (Å²) >= 11 is 6.84. The topological polar surface area (TPSA) is 118 Å². The van der Waals surface area contributed by atoms with Crippen molar-refractivity contribution in [2.75, 3.05) is 5.75 Å². The quantitative estimate of drug-likeness (QED) is 0.154. The predicted molar refractivity (Wildman–Crippen MR) is 80.2 cm³/mol. The minimum absolute atomic E-state index is 0.119. The van der Waals surface area contributed by atoms with Gasteiger partial charge < -0.3 is 10.5 Å². The SMILES string of the molecule is [N-]=[N+]=Nc1ccc(C(=O)C(Br)OC(=O)[C@@H](N)CS)cc1. The number of thiol groups is 1. The van der Waals surface area contributed by atoms with Crippen LogP contribution in [-0.2, 0) is 9.53 Å². The zero-order chi connectivity index (χ0) is 15.1. The summed E-state index contributed by atoms with van der Waals surface area (Å²) in [5, 5.41) is 2.25. The van der Waals surface area contributed by atoms with Crippen LogP contribution in [0.3, 0.4) is 0 Å². The first-order chi connectivity index (χ1) is 9.49. The van der Waals surface area contributed by atoms with Gasteiger partial charge in [0.25, 0.3) is 0 Å². The van der Waals surface area contributed by atoms with Gasteiger partial charge in [0.15, 0.2) is 0 Å². The monoisotopic (exact) mass is 358 g/mol. The van der Waals surface area contributed by atoms with Crippen LogP contribution in [0.1, 0.15) is 10.4 Å². The molecule has 0 saturated carbocycles. The maximum absolute atomic E-state index is 12.0. The summed E-state index contributed by atoms with van der Waals surface area (Å²) in [5.41, 5.74) is 14.4. The molecule has 0 aliphatic carbocycles. The molecule has 0 bridgehead atoms. The van der Waals surface area contributed by atoms with E-state index in [1.807, 2.05) is 0 Å². The average Bonchev–Trinajstić information content (AvgIpc) is 2.46. The van der Waals surface area contributed by atoms with Crippen molar-refractivity contribution >= 4 is 46.0 Å². The molecule has 0 amide bonds. The van der Waals surface area contributed by atoms with Crippen molar-refractivity contribution in [3.05, 3.63) is 40.3 Å².